The lowest BCUT2D eigenvalue weighted by Crippen LogP contribution is -2.25. The van der Waals surface area contributed by atoms with E-state index in [4.69, 9.17) is 0 Å². The molecule has 0 spiro atoms. The number of benzene rings is 1. The summed E-state index contributed by atoms with van der Waals surface area (Å²) in [5, 5.41) is 0. The number of hydrogen-bond donors (Lipinski definition) is 1. The number of fused-ring (bicyclic) bond motifs is 1. The lowest BCUT2D eigenvalue weighted by Gasteiger charge is -2.11. The molecule has 3 rings (SSSR count). The average Bonchev–Trinajstić information content (AvgIpc) is 3.06. The van der Waals surface area contributed by atoms with Crippen molar-refractivity contribution < 1.29 is 13.2 Å². The van der Waals surface area contributed by atoms with Crippen LogP contribution in [0.1, 0.15) is 18.4 Å². The molecule has 1 fully saturated rings. The molecule has 0 radical (unpaired) electrons. The van der Waals surface area contributed by atoms with Crippen LogP contribution in [0.15, 0.2) is 23.1 Å². The number of anilines is 1. The van der Waals surface area contributed by atoms with Crippen LogP contribution in [-0.2, 0) is 21.2 Å². The Morgan fingerprint density at radius 3 is 2.72 bits per heavy atom. The zero-order chi connectivity index (χ0) is 12.9. The molecule has 1 saturated carbocycles. The summed E-state index contributed by atoms with van der Waals surface area (Å²) in [5.74, 6) is -0.00491. The number of rotatable bonds is 3. The fraction of sp³-hybridized carbons (Fsp3) is 0.417. The van der Waals surface area contributed by atoms with E-state index in [-0.39, 0.29) is 23.3 Å². The lowest BCUT2D eigenvalue weighted by atomic mass is 10.2. The van der Waals surface area contributed by atoms with Crippen molar-refractivity contribution in [3.05, 3.63) is 23.8 Å². The number of likely N-dealkylation sites (N-methyl/N-ethyl adjacent to an activating group) is 1. The van der Waals surface area contributed by atoms with E-state index < -0.39 is 10.0 Å². The molecule has 0 saturated heterocycles. The highest BCUT2D eigenvalue weighted by Gasteiger charge is 2.30. The van der Waals surface area contributed by atoms with Crippen LogP contribution in [0.25, 0.3) is 0 Å². The molecule has 0 unspecified atom stereocenters. The molecule has 96 valence electrons. The summed E-state index contributed by atoms with van der Waals surface area (Å²) in [5.41, 5.74) is 1.58. The van der Waals surface area contributed by atoms with E-state index in [0.717, 1.165) is 24.1 Å². The molecule has 0 atom stereocenters. The van der Waals surface area contributed by atoms with Crippen molar-refractivity contribution in [3.63, 3.8) is 0 Å². The SMILES string of the molecule is CN1C(=O)Cc2cc(S(=O)(=O)NC3CC3)ccc21. The van der Waals surface area contributed by atoms with Gasteiger partial charge in [0.05, 0.1) is 11.3 Å². The van der Waals surface area contributed by atoms with Crippen LogP contribution in [0, 0.1) is 0 Å². The first-order valence-electron chi connectivity index (χ1n) is 5.89. The molecule has 18 heavy (non-hydrogen) atoms. The van der Waals surface area contributed by atoms with Crippen molar-refractivity contribution in [2.75, 3.05) is 11.9 Å². The summed E-state index contributed by atoms with van der Waals surface area (Å²) in [7, 11) is -1.73. The Bertz CT molecular complexity index is 620. The zero-order valence-electron chi connectivity index (χ0n) is 10.0. The largest absolute Gasteiger partial charge is 0.315 e. The number of amides is 1. The number of carbonyl (C=O) groups is 1. The Hall–Kier alpha value is -1.40. The van der Waals surface area contributed by atoms with Gasteiger partial charge in [0.25, 0.3) is 0 Å². The minimum Gasteiger partial charge on any atom is -0.315 e. The van der Waals surface area contributed by atoms with Crippen LogP contribution in [0.3, 0.4) is 0 Å². The smallest absolute Gasteiger partial charge is 0.240 e. The van der Waals surface area contributed by atoms with Crippen LogP contribution >= 0.6 is 0 Å². The van der Waals surface area contributed by atoms with Crippen LogP contribution < -0.4 is 9.62 Å². The second-order valence-corrected chi connectivity index (χ2v) is 6.53. The molecule has 6 heteroatoms. The van der Waals surface area contributed by atoms with Gasteiger partial charge in [0.1, 0.15) is 0 Å². The van der Waals surface area contributed by atoms with Gasteiger partial charge < -0.3 is 4.90 Å². The molecule has 0 aromatic heterocycles. The molecular formula is C12H14N2O3S. The van der Waals surface area contributed by atoms with Crippen molar-refractivity contribution in [1.29, 1.82) is 0 Å². The molecule has 2 aliphatic rings. The summed E-state index contributed by atoms with van der Waals surface area (Å²) >= 11 is 0. The highest BCUT2D eigenvalue weighted by Crippen LogP contribution is 2.30. The van der Waals surface area contributed by atoms with Gasteiger partial charge in [-0.1, -0.05) is 0 Å². The number of sulfonamides is 1. The summed E-state index contributed by atoms with van der Waals surface area (Å²) < 4.78 is 26.7. The predicted molar refractivity (Wildman–Crippen MR) is 66.9 cm³/mol. The van der Waals surface area contributed by atoms with E-state index in [1.807, 2.05) is 0 Å². The maximum absolute atomic E-state index is 12.0. The molecule has 1 amide bonds. The highest BCUT2D eigenvalue weighted by molar-refractivity contribution is 7.89. The Labute approximate surface area is 106 Å². The number of nitrogens with zero attached hydrogens (tertiary/aromatic N) is 1. The third-order valence-corrected chi connectivity index (χ3v) is 4.86. The zero-order valence-corrected chi connectivity index (χ0v) is 10.8. The lowest BCUT2D eigenvalue weighted by molar-refractivity contribution is -0.117. The second-order valence-electron chi connectivity index (χ2n) is 4.82. The molecular weight excluding hydrogens is 252 g/mol. The van der Waals surface area contributed by atoms with E-state index in [0.29, 0.717) is 0 Å². The average molecular weight is 266 g/mol. The topological polar surface area (TPSA) is 66.5 Å². The monoisotopic (exact) mass is 266 g/mol. The fourth-order valence-corrected chi connectivity index (χ4v) is 3.46. The Kier molecular flexibility index (Phi) is 2.46. The van der Waals surface area contributed by atoms with E-state index >= 15 is 0 Å². The van der Waals surface area contributed by atoms with Crippen LogP contribution in [0.2, 0.25) is 0 Å². The van der Waals surface area contributed by atoms with Crippen molar-refractivity contribution in [2.24, 2.45) is 0 Å². The van der Waals surface area contributed by atoms with E-state index in [9.17, 15) is 13.2 Å². The molecule has 1 N–H and O–H groups in total. The van der Waals surface area contributed by atoms with Crippen molar-refractivity contribution in [3.8, 4) is 0 Å². The van der Waals surface area contributed by atoms with Crippen LogP contribution in [0.5, 0.6) is 0 Å². The first-order valence-corrected chi connectivity index (χ1v) is 7.37. The standard InChI is InChI=1S/C12H14N2O3S/c1-14-11-5-4-10(6-8(11)7-12(14)15)18(16,17)13-9-2-3-9/h4-6,9,13H,2-3,7H2,1H3. The van der Waals surface area contributed by atoms with Gasteiger partial charge in [-0.25, -0.2) is 13.1 Å². The minimum atomic E-state index is -3.43. The molecule has 1 heterocycles. The first kappa shape index (κ1) is 11.7. The van der Waals surface area contributed by atoms with Crippen molar-refractivity contribution in [2.45, 2.75) is 30.2 Å². The molecule has 1 aromatic carbocycles. The third-order valence-electron chi connectivity index (χ3n) is 3.34. The fourth-order valence-electron chi connectivity index (χ4n) is 2.10. The maximum atomic E-state index is 12.0. The summed E-state index contributed by atoms with van der Waals surface area (Å²) in [4.78, 5) is 13.3. The van der Waals surface area contributed by atoms with Gasteiger partial charge in [0.2, 0.25) is 15.9 Å². The van der Waals surface area contributed by atoms with E-state index in [2.05, 4.69) is 4.72 Å². The minimum absolute atomic E-state index is 0.00491. The van der Waals surface area contributed by atoms with Gasteiger partial charge >= 0.3 is 0 Å². The quantitative estimate of drug-likeness (QED) is 0.873. The molecule has 1 aliphatic heterocycles. The molecule has 0 bridgehead atoms. The van der Waals surface area contributed by atoms with Gasteiger partial charge in [-0.3, -0.25) is 4.79 Å². The van der Waals surface area contributed by atoms with Gasteiger partial charge in [0.15, 0.2) is 0 Å². The second kappa shape index (κ2) is 3.80. The van der Waals surface area contributed by atoms with Crippen molar-refractivity contribution >= 4 is 21.6 Å². The summed E-state index contributed by atoms with van der Waals surface area (Å²) in [6.07, 6.45) is 2.09. The normalized spacial score (nSPS) is 19.2. The van der Waals surface area contributed by atoms with Gasteiger partial charge in [0, 0.05) is 18.8 Å². The van der Waals surface area contributed by atoms with Crippen LogP contribution in [0.4, 0.5) is 5.69 Å². The Morgan fingerprint density at radius 1 is 1.33 bits per heavy atom. The molecule has 1 aliphatic carbocycles. The first-order chi connectivity index (χ1) is 8.47. The van der Waals surface area contributed by atoms with E-state index in [1.165, 1.54) is 0 Å². The van der Waals surface area contributed by atoms with Gasteiger partial charge in [-0.05, 0) is 36.6 Å². The summed E-state index contributed by atoms with van der Waals surface area (Å²) in [6.45, 7) is 0. The molecule has 1 aromatic rings. The van der Waals surface area contributed by atoms with Gasteiger partial charge in [-0.15, -0.1) is 0 Å². The maximum Gasteiger partial charge on any atom is 0.240 e. The molecule has 5 nitrogen and oxygen atoms in total. The Balaban J connectivity index is 1.96. The number of hydrogen-bond acceptors (Lipinski definition) is 3. The summed E-state index contributed by atoms with van der Waals surface area (Å²) in [6, 6.07) is 4.94. The van der Waals surface area contributed by atoms with E-state index in [1.54, 1.807) is 30.1 Å². The Morgan fingerprint density at radius 2 is 2.06 bits per heavy atom. The highest BCUT2D eigenvalue weighted by atomic mass is 32.2. The van der Waals surface area contributed by atoms with Gasteiger partial charge in [-0.2, -0.15) is 0 Å². The number of nitrogens with one attached hydrogen (secondary N) is 1. The third kappa shape index (κ3) is 1.91. The van der Waals surface area contributed by atoms with Crippen molar-refractivity contribution in [1.82, 2.24) is 4.72 Å². The number of carbonyl (C=O) groups excluding carboxylic acids is 1. The predicted octanol–water partition coefficient (Wildman–Crippen LogP) is 0.646. The van der Waals surface area contributed by atoms with Crippen LogP contribution in [-0.4, -0.2) is 27.4 Å².